The first kappa shape index (κ1) is 10.1. The van der Waals surface area contributed by atoms with Crippen LogP contribution in [0.3, 0.4) is 0 Å². The molecule has 1 nitrogen and oxygen atoms in total. The van der Waals surface area contributed by atoms with Gasteiger partial charge in [-0.1, -0.05) is 48.5 Å². The summed E-state index contributed by atoms with van der Waals surface area (Å²) in [6.07, 6.45) is 0. The normalized spacial score (nSPS) is 10.3. The number of benzene rings is 2. The van der Waals surface area contributed by atoms with Crippen molar-refractivity contribution in [3.8, 4) is 0 Å². The van der Waals surface area contributed by atoms with Crippen LogP contribution >= 0.6 is 11.6 Å². The van der Waals surface area contributed by atoms with Crippen molar-refractivity contribution in [2.45, 2.75) is 0 Å². The molecule has 2 aromatic carbocycles. The predicted molar refractivity (Wildman–Crippen MR) is 65.0 cm³/mol. The van der Waals surface area contributed by atoms with E-state index in [1.165, 1.54) is 0 Å². The molecule has 0 unspecified atom stereocenters. The molecule has 2 aromatic rings. The van der Waals surface area contributed by atoms with E-state index in [1.54, 1.807) is 7.11 Å². The first-order valence-electron chi connectivity index (χ1n) is 4.64. The maximum absolute atomic E-state index is 6.17. The largest absolute Gasteiger partial charge is 0.497 e. The lowest BCUT2D eigenvalue weighted by Crippen LogP contribution is -1.88. The van der Waals surface area contributed by atoms with Crippen LogP contribution in [0.1, 0.15) is 5.56 Å². The number of hydrogen-bond acceptors (Lipinski definition) is 1. The topological polar surface area (TPSA) is 9.23 Å². The van der Waals surface area contributed by atoms with Crippen molar-refractivity contribution in [2.75, 3.05) is 7.11 Å². The molecule has 2 heteroatoms. The molecular formula is C13H11ClO. The third-order valence-corrected chi connectivity index (χ3v) is 2.72. The summed E-state index contributed by atoms with van der Waals surface area (Å²) < 4.78 is 5.15. The smallest absolute Gasteiger partial charge is 0.119 e. The SMILES string of the molecule is C=C(OC)c1cccc2cccc(Cl)c12. The summed E-state index contributed by atoms with van der Waals surface area (Å²) >= 11 is 6.17. The lowest BCUT2D eigenvalue weighted by atomic mass is 10.0. The maximum Gasteiger partial charge on any atom is 0.119 e. The molecule has 76 valence electrons. The monoisotopic (exact) mass is 218 g/mol. The van der Waals surface area contributed by atoms with Crippen LogP contribution in [-0.4, -0.2) is 7.11 Å². The second-order valence-corrected chi connectivity index (χ2v) is 3.68. The molecule has 0 aliphatic carbocycles. The van der Waals surface area contributed by atoms with Gasteiger partial charge in [-0.25, -0.2) is 0 Å². The molecule has 2 rings (SSSR count). The molecule has 0 fully saturated rings. The van der Waals surface area contributed by atoms with Gasteiger partial charge in [0.25, 0.3) is 0 Å². The molecule has 0 atom stereocenters. The van der Waals surface area contributed by atoms with Gasteiger partial charge in [-0.15, -0.1) is 0 Å². The Morgan fingerprint density at radius 2 is 1.87 bits per heavy atom. The van der Waals surface area contributed by atoms with Gasteiger partial charge in [0.1, 0.15) is 5.76 Å². The van der Waals surface area contributed by atoms with E-state index in [-0.39, 0.29) is 0 Å². The van der Waals surface area contributed by atoms with Crippen molar-refractivity contribution in [3.05, 3.63) is 53.6 Å². The molecule has 0 spiro atoms. The number of ether oxygens (including phenoxy) is 1. The molecule has 0 aromatic heterocycles. The van der Waals surface area contributed by atoms with Crippen LogP contribution < -0.4 is 0 Å². The van der Waals surface area contributed by atoms with Crippen LogP contribution in [0.15, 0.2) is 43.0 Å². The van der Waals surface area contributed by atoms with E-state index in [0.29, 0.717) is 5.76 Å². The number of fused-ring (bicyclic) bond motifs is 1. The van der Waals surface area contributed by atoms with Crippen LogP contribution in [0.4, 0.5) is 0 Å². The van der Waals surface area contributed by atoms with Crippen molar-refractivity contribution in [1.82, 2.24) is 0 Å². The van der Waals surface area contributed by atoms with Gasteiger partial charge in [-0.2, -0.15) is 0 Å². The van der Waals surface area contributed by atoms with E-state index >= 15 is 0 Å². The summed E-state index contributed by atoms with van der Waals surface area (Å²) in [5.74, 6) is 0.633. The minimum Gasteiger partial charge on any atom is -0.497 e. The summed E-state index contributed by atoms with van der Waals surface area (Å²) in [5, 5.41) is 2.81. The number of rotatable bonds is 2. The van der Waals surface area contributed by atoms with Gasteiger partial charge in [0.05, 0.1) is 7.11 Å². The quantitative estimate of drug-likeness (QED) is 0.690. The van der Waals surface area contributed by atoms with Gasteiger partial charge in [0.15, 0.2) is 0 Å². The van der Waals surface area contributed by atoms with Crippen molar-refractivity contribution in [3.63, 3.8) is 0 Å². The molecule has 0 heterocycles. The number of halogens is 1. The molecule has 0 radical (unpaired) electrons. The Morgan fingerprint density at radius 1 is 1.20 bits per heavy atom. The van der Waals surface area contributed by atoms with Gasteiger partial charge in [0.2, 0.25) is 0 Å². The standard InChI is InChI=1S/C13H11ClO/c1-9(15-2)11-7-3-5-10-6-4-8-12(14)13(10)11/h3-8H,1H2,2H3. The minimum absolute atomic E-state index is 0.633. The fraction of sp³-hybridized carbons (Fsp3) is 0.0769. The fourth-order valence-corrected chi connectivity index (χ4v) is 1.92. The predicted octanol–water partition coefficient (Wildman–Crippen LogP) is 4.11. The molecular weight excluding hydrogens is 208 g/mol. The molecule has 0 aliphatic rings. The average Bonchev–Trinajstić information content (AvgIpc) is 2.28. The van der Waals surface area contributed by atoms with Crippen LogP contribution in [0, 0.1) is 0 Å². The first-order valence-corrected chi connectivity index (χ1v) is 5.02. The van der Waals surface area contributed by atoms with Gasteiger partial charge in [0, 0.05) is 16.0 Å². The van der Waals surface area contributed by atoms with Crippen molar-refractivity contribution >= 4 is 28.1 Å². The Balaban J connectivity index is 2.80. The van der Waals surface area contributed by atoms with Crippen LogP contribution in [0.2, 0.25) is 5.02 Å². The average molecular weight is 219 g/mol. The molecule has 0 N–H and O–H groups in total. The Bertz CT molecular complexity index is 512. The highest BCUT2D eigenvalue weighted by Gasteiger charge is 2.07. The minimum atomic E-state index is 0.633. The highest BCUT2D eigenvalue weighted by atomic mass is 35.5. The summed E-state index contributed by atoms with van der Waals surface area (Å²) in [6, 6.07) is 11.8. The van der Waals surface area contributed by atoms with Gasteiger partial charge >= 0.3 is 0 Å². The van der Waals surface area contributed by atoms with Gasteiger partial charge < -0.3 is 4.74 Å². The van der Waals surface area contributed by atoms with Gasteiger partial charge in [-0.05, 0) is 11.5 Å². The zero-order chi connectivity index (χ0) is 10.8. The van der Waals surface area contributed by atoms with E-state index in [1.807, 2.05) is 36.4 Å². The zero-order valence-electron chi connectivity index (χ0n) is 8.46. The highest BCUT2D eigenvalue weighted by molar-refractivity contribution is 6.36. The molecule has 15 heavy (non-hydrogen) atoms. The summed E-state index contributed by atoms with van der Waals surface area (Å²) in [5.41, 5.74) is 0.945. The highest BCUT2D eigenvalue weighted by Crippen LogP contribution is 2.30. The third kappa shape index (κ3) is 1.71. The van der Waals surface area contributed by atoms with E-state index in [2.05, 4.69) is 6.58 Å². The van der Waals surface area contributed by atoms with E-state index in [0.717, 1.165) is 21.4 Å². The molecule has 0 amide bonds. The van der Waals surface area contributed by atoms with E-state index < -0.39 is 0 Å². The number of hydrogen-bond donors (Lipinski definition) is 0. The fourth-order valence-electron chi connectivity index (χ4n) is 1.64. The molecule has 0 saturated carbocycles. The third-order valence-electron chi connectivity index (χ3n) is 2.40. The van der Waals surface area contributed by atoms with Crippen molar-refractivity contribution < 1.29 is 4.74 Å². The Morgan fingerprint density at radius 3 is 2.53 bits per heavy atom. The summed E-state index contributed by atoms with van der Waals surface area (Å²) in [4.78, 5) is 0. The van der Waals surface area contributed by atoms with Gasteiger partial charge in [-0.3, -0.25) is 0 Å². The summed E-state index contributed by atoms with van der Waals surface area (Å²) in [7, 11) is 1.61. The Kier molecular flexibility index (Phi) is 2.65. The van der Waals surface area contributed by atoms with Crippen molar-refractivity contribution in [1.29, 1.82) is 0 Å². The number of methoxy groups -OCH3 is 1. The van der Waals surface area contributed by atoms with E-state index in [9.17, 15) is 0 Å². The van der Waals surface area contributed by atoms with Crippen LogP contribution in [-0.2, 0) is 4.74 Å². The Hall–Kier alpha value is -1.47. The van der Waals surface area contributed by atoms with E-state index in [4.69, 9.17) is 16.3 Å². The zero-order valence-corrected chi connectivity index (χ0v) is 9.21. The van der Waals surface area contributed by atoms with Crippen molar-refractivity contribution in [2.24, 2.45) is 0 Å². The first-order chi connectivity index (χ1) is 7.24. The lowest BCUT2D eigenvalue weighted by Gasteiger charge is -2.09. The van der Waals surface area contributed by atoms with Crippen LogP contribution in [0.5, 0.6) is 0 Å². The maximum atomic E-state index is 6.17. The summed E-state index contributed by atoms with van der Waals surface area (Å²) in [6.45, 7) is 3.85. The van der Waals surface area contributed by atoms with Crippen LogP contribution in [0.25, 0.3) is 16.5 Å². The lowest BCUT2D eigenvalue weighted by molar-refractivity contribution is 0.372. The molecule has 0 aliphatic heterocycles. The molecule has 0 bridgehead atoms. The molecule has 0 saturated heterocycles. The Labute approximate surface area is 93.9 Å². The second-order valence-electron chi connectivity index (χ2n) is 3.27. The second kappa shape index (κ2) is 3.95.